The number of unbranched alkanes of at least 4 members (excludes halogenated alkanes) is 3. The molecule has 0 saturated carbocycles. The molecule has 4 atom stereocenters. The molecule has 11 nitrogen and oxygen atoms in total. The van der Waals surface area contributed by atoms with Crippen molar-refractivity contribution in [3.05, 3.63) is 65.2 Å². The Morgan fingerprint density at radius 2 is 1.57 bits per heavy atom. The van der Waals surface area contributed by atoms with Crippen LogP contribution in [0.2, 0.25) is 0 Å². The molecule has 0 bridgehead atoms. The summed E-state index contributed by atoms with van der Waals surface area (Å²) in [4.78, 5) is 38.7. The Balaban J connectivity index is 1.38. The summed E-state index contributed by atoms with van der Waals surface area (Å²) in [5.74, 6) is -0.677. The van der Waals surface area contributed by atoms with Gasteiger partial charge in [0.1, 0.15) is 11.6 Å². The minimum atomic E-state index is -0.651. The van der Waals surface area contributed by atoms with Crippen molar-refractivity contribution in [3.8, 4) is 0 Å². The molecule has 0 aromatic heterocycles. The van der Waals surface area contributed by atoms with Gasteiger partial charge < -0.3 is 24.6 Å². The first-order valence-electron chi connectivity index (χ1n) is 16.3. The van der Waals surface area contributed by atoms with Crippen LogP contribution >= 0.6 is 0 Å². The predicted molar refractivity (Wildman–Crippen MR) is 172 cm³/mol. The van der Waals surface area contributed by atoms with Crippen LogP contribution in [-0.2, 0) is 35.2 Å². The van der Waals surface area contributed by atoms with Gasteiger partial charge >= 0.3 is 5.97 Å². The average molecular weight is 640 g/mol. The zero-order valence-electron chi connectivity index (χ0n) is 27.2. The normalized spacial score (nSPS) is 21.9. The molecule has 0 aliphatic carbocycles. The summed E-state index contributed by atoms with van der Waals surface area (Å²) in [5.41, 5.74) is 4.38. The molecule has 2 saturated heterocycles. The van der Waals surface area contributed by atoms with E-state index in [9.17, 15) is 19.5 Å². The maximum Gasteiger partial charge on any atom is 0.323 e. The summed E-state index contributed by atoms with van der Waals surface area (Å²) in [7, 11) is 0. The number of aliphatic hydroxyl groups excluding tert-OH is 1. The van der Waals surface area contributed by atoms with Crippen molar-refractivity contribution < 1.29 is 38.9 Å². The van der Waals surface area contributed by atoms with Crippen molar-refractivity contribution in [2.75, 3.05) is 18.4 Å². The van der Waals surface area contributed by atoms with E-state index in [-0.39, 0.29) is 43.2 Å². The van der Waals surface area contributed by atoms with Crippen molar-refractivity contribution in [2.24, 2.45) is 0 Å². The van der Waals surface area contributed by atoms with Gasteiger partial charge in [-0.05, 0) is 76.3 Å². The van der Waals surface area contributed by atoms with E-state index in [0.29, 0.717) is 37.9 Å². The number of esters is 1. The van der Waals surface area contributed by atoms with E-state index in [2.05, 4.69) is 10.2 Å². The number of hydroxylamine groups is 1. The molecule has 0 spiro atoms. The third kappa shape index (κ3) is 10.9. The second-order valence-electron chi connectivity index (χ2n) is 13.2. The first-order chi connectivity index (χ1) is 22.0. The van der Waals surface area contributed by atoms with E-state index >= 15 is 0 Å². The number of nitrogens with one attached hydrogen (secondary N) is 2. The fourth-order valence-corrected chi connectivity index (χ4v) is 5.90. The number of ether oxygens (including phenoxy) is 3. The number of amides is 2. The lowest BCUT2D eigenvalue weighted by Crippen LogP contribution is -2.45. The van der Waals surface area contributed by atoms with Crippen molar-refractivity contribution in [1.82, 2.24) is 10.4 Å². The van der Waals surface area contributed by atoms with Crippen LogP contribution < -0.4 is 10.8 Å². The smallest absolute Gasteiger partial charge is 0.323 e. The van der Waals surface area contributed by atoms with Gasteiger partial charge in [0.2, 0.25) is 11.8 Å². The van der Waals surface area contributed by atoms with Gasteiger partial charge in [-0.25, -0.2) is 5.48 Å². The van der Waals surface area contributed by atoms with Crippen LogP contribution in [-0.4, -0.2) is 63.8 Å². The lowest BCUT2D eigenvalue weighted by Gasteiger charge is -2.38. The highest BCUT2D eigenvalue weighted by molar-refractivity contribution is 5.90. The van der Waals surface area contributed by atoms with Crippen LogP contribution in [0, 0.1) is 0 Å². The van der Waals surface area contributed by atoms with Gasteiger partial charge in [0.25, 0.3) is 0 Å². The topological polar surface area (TPSA) is 147 Å². The Hall–Kier alpha value is -3.35. The zero-order valence-corrected chi connectivity index (χ0v) is 27.2. The minimum Gasteiger partial charge on any atom is -0.459 e. The Kier molecular flexibility index (Phi) is 13.1. The molecule has 46 heavy (non-hydrogen) atoms. The van der Waals surface area contributed by atoms with Crippen molar-refractivity contribution >= 4 is 23.5 Å². The lowest BCUT2D eigenvalue weighted by molar-refractivity contribution is -0.253. The summed E-state index contributed by atoms with van der Waals surface area (Å²) < 4.78 is 18.7. The number of hydrogen-bond donors (Lipinski definition) is 4. The number of benzene rings is 2. The first-order valence-corrected chi connectivity index (χ1v) is 16.3. The van der Waals surface area contributed by atoms with E-state index in [4.69, 9.17) is 19.4 Å². The van der Waals surface area contributed by atoms with E-state index in [1.54, 1.807) is 5.48 Å². The number of rotatable bonds is 14. The fourth-order valence-electron chi connectivity index (χ4n) is 5.90. The predicted octanol–water partition coefficient (Wildman–Crippen LogP) is 5.31. The molecule has 4 rings (SSSR count). The van der Waals surface area contributed by atoms with Gasteiger partial charge in [-0.1, -0.05) is 49.2 Å². The van der Waals surface area contributed by atoms with Crippen LogP contribution in [0.3, 0.4) is 0 Å². The molecule has 0 radical (unpaired) electrons. The molecule has 2 amide bonds. The standard InChI is InChI=1S/C35H49N3O8/c1-35(2,3)46-33(42)29-9-8-20-38(29)22-28-21-30(25-14-12-24(23-39)13-15-25)45-34(44-28)26-16-18-27(19-17-26)36-31(40)10-6-4-5-7-11-32(41)37-43/h12-19,28-30,34,39,43H,4-11,20-23H2,1-3H3,(H,36,40)(H,37,41)/t28-,29-,30+,34+/m0/s1. The molecule has 2 fully saturated rings. The van der Waals surface area contributed by atoms with Crippen LogP contribution in [0.25, 0.3) is 0 Å². The second-order valence-corrected chi connectivity index (χ2v) is 13.2. The quantitative estimate of drug-likeness (QED) is 0.0934. The number of carbonyl (C=O) groups is 3. The van der Waals surface area contributed by atoms with Gasteiger partial charge in [0, 0.05) is 37.1 Å². The highest BCUT2D eigenvalue weighted by Crippen LogP contribution is 2.39. The molecule has 4 N–H and O–H groups in total. The average Bonchev–Trinajstić information content (AvgIpc) is 3.50. The highest BCUT2D eigenvalue weighted by Gasteiger charge is 2.38. The van der Waals surface area contributed by atoms with Crippen molar-refractivity contribution in [3.63, 3.8) is 0 Å². The molecular formula is C35H49N3O8. The number of anilines is 1. The lowest BCUT2D eigenvalue weighted by atomic mass is 9.99. The Morgan fingerprint density at radius 1 is 0.913 bits per heavy atom. The minimum absolute atomic E-state index is 0.0322. The van der Waals surface area contributed by atoms with Gasteiger partial charge in [0.15, 0.2) is 6.29 Å². The van der Waals surface area contributed by atoms with E-state index in [0.717, 1.165) is 48.9 Å². The summed E-state index contributed by atoms with van der Waals surface area (Å²) in [5, 5.41) is 21.0. The van der Waals surface area contributed by atoms with Crippen molar-refractivity contribution in [2.45, 2.75) is 115 Å². The number of likely N-dealkylation sites (tertiary alicyclic amines) is 1. The SMILES string of the molecule is CC(C)(C)OC(=O)[C@@H]1CCCN1C[C@@H]1C[C@H](c2ccc(CO)cc2)O[C@H](c2ccc(NC(=O)CCCCCCC(=O)NO)cc2)O1. The maximum absolute atomic E-state index is 13.0. The summed E-state index contributed by atoms with van der Waals surface area (Å²) >= 11 is 0. The zero-order chi connectivity index (χ0) is 33.1. The molecule has 11 heteroatoms. The fraction of sp³-hybridized carbons (Fsp3) is 0.571. The highest BCUT2D eigenvalue weighted by atomic mass is 16.7. The van der Waals surface area contributed by atoms with Crippen LogP contribution in [0.1, 0.15) is 108 Å². The molecule has 2 heterocycles. The van der Waals surface area contributed by atoms with Gasteiger partial charge in [-0.15, -0.1) is 0 Å². The molecule has 2 aliphatic heterocycles. The first kappa shape index (κ1) is 35.5. The number of hydrogen-bond acceptors (Lipinski definition) is 9. The van der Waals surface area contributed by atoms with Gasteiger partial charge in [-0.3, -0.25) is 24.5 Å². The molecule has 2 aromatic rings. The molecule has 2 aromatic carbocycles. The Bertz CT molecular complexity index is 1280. The maximum atomic E-state index is 13.0. The van der Waals surface area contributed by atoms with E-state index < -0.39 is 17.8 Å². The monoisotopic (exact) mass is 639 g/mol. The second kappa shape index (κ2) is 17.0. The third-order valence-corrected chi connectivity index (χ3v) is 8.24. The molecule has 252 valence electrons. The van der Waals surface area contributed by atoms with Gasteiger partial charge in [0.05, 0.1) is 18.8 Å². The third-order valence-electron chi connectivity index (χ3n) is 8.24. The van der Waals surface area contributed by atoms with E-state index in [1.807, 2.05) is 69.3 Å². The van der Waals surface area contributed by atoms with E-state index in [1.165, 1.54) is 0 Å². The molecular weight excluding hydrogens is 590 g/mol. The number of nitrogens with zero attached hydrogens (tertiary/aromatic N) is 1. The summed E-state index contributed by atoms with van der Waals surface area (Å²) in [6.07, 6.45) is 4.82. The summed E-state index contributed by atoms with van der Waals surface area (Å²) in [6, 6.07) is 14.9. The molecule has 2 aliphatic rings. The van der Waals surface area contributed by atoms with Crippen LogP contribution in [0.4, 0.5) is 5.69 Å². The van der Waals surface area contributed by atoms with Crippen LogP contribution in [0.15, 0.2) is 48.5 Å². The largest absolute Gasteiger partial charge is 0.459 e. The number of carbonyl (C=O) groups excluding carboxylic acids is 3. The molecule has 0 unspecified atom stereocenters. The van der Waals surface area contributed by atoms with Crippen molar-refractivity contribution in [1.29, 1.82) is 0 Å². The number of aliphatic hydroxyl groups is 1. The van der Waals surface area contributed by atoms with Gasteiger partial charge in [-0.2, -0.15) is 0 Å². The Labute approximate surface area is 271 Å². The Morgan fingerprint density at radius 3 is 2.20 bits per heavy atom. The summed E-state index contributed by atoms with van der Waals surface area (Å²) in [6.45, 7) is 6.97. The van der Waals surface area contributed by atoms with Crippen LogP contribution in [0.5, 0.6) is 0 Å².